The third-order valence-electron chi connectivity index (χ3n) is 10.4. The molecular formula is C50H48N4OPd. The minimum Gasteiger partial charge on any atom is -0.509 e. The molecule has 0 saturated heterocycles. The van der Waals surface area contributed by atoms with Crippen LogP contribution >= 0.6 is 0 Å². The van der Waals surface area contributed by atoms with Gasteiger partial charge in [-0.3, -0.25) is 4.68 Å². The number of fused-ring (bicyclic) bond motifs is 3. The van der Waals surface area contributed by atoms with E-state index < -0.39 is 0 Å². The van der Waals surface area contributed by atoms with Crippen molar-refractivity contribution in [3.05, 3.63) is 155 Å². The number of hydrogen-bond acceptors (Lipinski definition) is 3. The molecule has 3 aromatic heterocycles. The van der Waals surface area contributed by atoms with Crippen molar-refractivity contribution in [1.82, 2.24) is 19.3 Å². The van der Waals surface area contributed by atoms with E-state index >= 15 is 0 Å². The molecule has 0 aliphatic carbocycles. The van der Waals surface area contributed by atoms with Crippen LogP contribution in [0.25, 0.3) is 55.7 Å². The van der Waals surface area contributed by atoms with Crippen molar-refractivity contribution in [2.45, 2.75) is 74.1 Å². The molecule has 0 saturated carbocycles. The summed E-state index contributed by atoms with van der Waals surface area (Å²) in [5.74, 6) is 2.63. The number of rotatable bonds is 8. The molecule has 0 radical (unpaired) electrons. The van der Waals surface area contributed by atoms with Gasteiger partial charge < -0.3 is 9.30 Å². The Labute approximate surface area is 345 Å². The van der Waals surface area contributed by atoms with Gasteiger partial charge in [-0.15, -0.1) is 41.3 Å². The molecule has 0 atom stereocenters. The van der Waals surface area contributed by atoms with E-state index in [1.807, 2.05) is 12.3 Å². The standard InChI is InChI=1S/C50H48N4O.Pd/c1-31(2)23-36-21-22-51-46(26-36)53-44-18-14-13-17-42(44)43-20-19-40(30-45(43)53)55-41-28-38(50(7,8)9)27-39(29-41)54-49(37-15-11-10-12-16-37)48(35(6)52-54)47-33(4)24-32(3)25-34(47)5;/h10-22,24-28,31H,23H2,1-9H3;/q-2;+2. The number of aryl methyl sites for hydroxylation is 4. The normalized spacial score (nSPS) is 11.8. The van der Waals surface area contributed by atoms with Crippen LogP contribution in [0.1, 0.15) is 68.1 Å². The molecule has 0 aliphatic rings. The summed E-state index contributed by atoms with van der Waals surface area (Å²) in [6.07, 6.45) is 2.90. The number of aromatic nitrogens is 4. The zero-order valence-corrected chi connectivity index (χ0v) is 35.2. The van der Waals surface area contributed by atoms with Gasteiger partial charge >= 0.3 is 20.4 Å². The first-order valence-electron chi connectivity index (χ1n) is 19.3. The maximum Gasteiger partial charge on any atom is 2.00 e. The Morgan fingerprint density at radius 2 is 1.45 bits per heavy atom. The molecule has 56 heavy (non-hydrogen) atoms. The minimum absolute atomic E-state index is 0. The number of hydrogen-bond donors (Lipinski definition) is 0. The second-order valence-electron chi connectivity index (χ2n) is 16.4. The fourth-order valence-electron chi connectivity index (χ4n) is 8.04. The Kier molecular flexibility index (Phi) is 10.7. The summed E-state index contributed by atoms with van der Waals surface area (Å²) in [6.45, 7) is 19.8. The molecule has 0 aliphatic heterocycles. The molecular weight excluding hydrogens is 779 g/mol. The summed E-state index contributed by atoms with van der Waals surface area (Å²) >= 11 is 0. The van der Waals surface area contributed by atoms with Crippen molar-refractivity contribution in [2.24, 2.45) is 5.92 Å². The Balaban J connectivity index is 0.00000480. The number of nitrogens with zero attached hydrogens (tertiary/aromatic N) is 4. The molecule has 0 fully saturated rings. The Bertz CT molecular complexity index is 2690. The van der Waals surface area contributed by atoms with E-state index in [9.17, 15) is 0 Å². The van der Waals surface area contributed by atoms with Gasteiger partial charge in [0.2, 0.25) is 0 Å². The average molecular weight is 827 g/mol. The fraction of sp³-hybridized carbons (Fsp3) is 0.240. The van der Waals surface area contributed by atoms with Crippen LogP contribution in [0.15, 0.2) is 109 Å². The summed E-state index contributed by atoms with van der Waals surface area (Å²) in [5.41, 5.74) is 14.2. The smallest absolute Gasteiger partial charge is 0.509 e. The van der Waals surface area contributed by atoms with E-state index in [0.29, 0.717) is 17.4 Å². The quantitative estimate of drug-likeness (QED) is 0.113. The van der Waals surface area contributed by atoms with E-state index in [4.69, 9.17) is 14.8 Å². The van der Waals surface area contributed by atoms with Gasteiger partial charge in [0, 0.05) is 34.3 Å². The van der Waals surface area contributed by atoms with Crippen LogP contribution in [0.2, 0.25) is 0 Å². The zero-order valence-electron chi connectivity index (χ0n) is 33.7. The second kappa shape index (κ2) is 15.3. The first kappa shape index (κ1) is 39.0. The summed E-state index contributed by atoms with van der Waals surface area (Å²) in [7, 11) is 0. The van der Waals surface area contributed by atoms with Crippen molar-refractivity contribution in [3.63, 3.8) is 0 Å². The van der Waals surface area contributed by atoms with Crippen molar-refractivity contribution in [3.8, 4) is 45.4 Å². The van der Waals surface area contributed by atoms with Gasteiger partial charge in [-0.2, -0.15) is 11.2 Å². The fourth-order valence-corrected chi connectivity index (χ4v) is 8.04. The van der Waals surface area contributed by atoms with Crippen LogP contribution in [0.5, 0.6) is 11.5 Å². The van der Waals surface area contributed by atoms with E-state index in [1.54, 1.807) is 0 Å². The van der Waals surface area contributed by atoms with Crippen molar-refractivity contribution >= 4 is 21.8 Å². The average Bonchev–Trinajstić information content (AvgIpc) is 3.65. The van der Waals surface area contributed by atoms with Crippen molar-refractivity contribution < 1.29 is 25.2 Å². The molecule has 0 N–H and O–H groups in total. The molecule has 0 spiro atoms. The van der Waals surface area contributed by atoms with Gasteiger partial charge in [0.05, 0.1) is 11.4 Å². The monoisotopic (exact) mass is 826 g/mol. The van der Waals surface area contributed by atoms with Crippen LogP contribution in [0, 0.1) is 45.7 Å². The number of pyridine rings is 1. The molecule has 8 aromatic rings. The van der Waals surface area contributed by atoms with Gasteiger partial charge in [-0.1, -0.05) is 106 Å². The molecule has 0 bridgehead atoms. The molecule has 0 unspecified atom stereocenters. The second-order valence-corrected chi connectivity index (χ2v) is 16.4. The Morgan fingerprint density at radius 1 is 0.732 bits per heavy atom. The molecule has 6 heteroatoms. The van der Waals surface area contributed by atoms with E-state index in [1.165, 1.54) is 27.8 Å². The first-order chi connectivity index (χ1) is 26.4. The van der Waals surface area contributed by atoms with Crippen molar-refractivity contribution in [1.29, 1.82) is 0 Å². The number of para-hydroxylation sites is 1. The van der Waals surface area contributed by atoms with Crippen LogP contribution in [0.3, 0.4) is 0 Å². The first-order valence-corrected chi connectivity index (χ1v) is 19.3. The minimum atomic E-state index is -0.170. The third-order valence-corrected chi connectivity index (χ3v) is 10.4. The van der Waals surface area contributed by atoms with Crippen LogP contribution in [-0.2, 0) is 32.3 Å². The predicted octanol–water partition coefficient (Wildman–Crippen LogP) is 12.8. The summed E-state index contributed by atoms with van der Waals surface area (Å²) in [6, 6.07) is 43.6. The van der Waals surface area contributed by atoms with Crippen LogP contribution in [0.4, 0.5) is 0 Å². The van der Waals surface area contributed by atoms with Crippen LogP contribution < -0.4 is 4.74 Å². The molecule has 284 valence electrons. The summed E-state index contributed by atoms with van der Waals surface area (Å²) < 4.78 is 11.0. The van der Waals surface area contributed by atoms with Gasteiger partial charge in [0.25, 0.3) is 0 Å². The van der Waals surface area contributed by atoms with E-state index in [-0.39, 0.29) is 25.8 Å². The maximum absolute atomic E-state index is 6.78. The molecule has 0 amide bonds. The van der Waals surface area contributed by atoms with E-state index in [2.05, 4.69) is 181 Å². The van der Waals surface area contributed by atoms with Gasteiger partial charge in [0.1, 0.15) is 5.82 Å². The topological polar surface area (TPSA) is 44.9 Å². The zero-order chi connectivity index (χ0) is 38.6. The molecule has 3 heterocycles. The summed E-state index contributed by atoms with van der Waals surface area (Å²) in [4.78, 5) is 4.85. The van der Waals surface area contributed by atoms with Crippen LogP contribution in [-0.4, -0.2) is 19.3 Å². The van der Waals surface area contributed by atoms with Gasteiger partial charge in [0.15, 0.2) is 0 Å². The Hall–Kier alpha value is -5.28. The Morgan fingerprint density at radius 3 is 2.16 bits per heavy atom. The number of ether oxygens (including phenoxy) is 1. The summed E-state index contributed by atoms with van der Waals surface area (Å²) in [5, 5.41) is 7.50. The van der Waals surface area contributed by atoms with Gasteiger partial charge in [-0.05, 0) is 97.0 Å². The number of benzene rings is 5. The van der Waals surface area contributed by atoms with Gasteiger partial charge in [-0.25, -0.2) is 4.98 Å². The van der Waals surface area contributed by atoms with E-state index in [0.717, 1.165) is 67.8 Å². The molecule has 5 nitrogen and oxygen atoms in total. The predicted molar refractivity (Wildman–Crippen MR) is 227 cm³/mol. The largest absolute Gasteiger partial charge is 2.00 e. The molecule has 8 rings (SSSR count). The molecule has 5 aromatic carbocycles. The SMILES string of the molecule is Cc1cc(C)c(-c2c(C)nn(-c3[c-]c(Oc4[c-]c5c(cc4)c4ccccc4n5-c4cc(CC(C)C)ccn4)cc(C(C)(C)C)c3)c2-c2ccccc2)c(C)c1.[Pd+2]. The van der Waals surface area contributed by atoms with Crippen molar-refractivity contribution in [2.75, 3.05) is 0 Å². The third kappa shape index (κ3) is 7.37. The maximum atomic E-state index is 6.78.